The third kappa shape index (κ3) is 2.24. The molecule has 2 aromatic rings. The van der Waals surface area contributed by atoms with Crippen molar-refractivity contribution >= 4 is 17.1 Å². The summed E-state index contributed by atoms with van der Waals surface area (Å²) in [5, 5.41) is 3.84. The van der Waals surface area contributed by atoms with E-state index in [2.05, 4.69) is 0 Å². The van der Waals surface area contributed by atoms with Crippen molar-refractivity contribution in [2.24, 2.45) is 0 Å². The first kappa shape index (κ1) is 12.6. The fraction of sp³-hybridized carbons (Fsp3) is 0.214. The molecule has 0 aliphatic carbocycles. The highest BCUT2D eigenvalue weighted by atomic mass is 32.1. The minimum absolute atomic E-state index is 0.00898. The number of methoxy groups -OCH3 is 2. The van der Waals surface area contributed by atoms with E-state index in [0.717, 1.165) is 11.1 Å². The molecule has 0 radical (unpaired) electrons. The molecular weight excluding hydrogens is 248 g/mol. The van der Waals surface area contributed by atoms with Gasteiger partial charge in [-0.2, -0.15) is 11.3 Å². The van der Waals surface area contributed by atoms with E-state index in [1.165, 1.54) is 11.3 Å². The second-order valence-electron chi connectivity index (χ2n) is 3.87. The Labute approximate surface area is 110 Å². The highest BCUT2D eigenvalue weighted by Gasteiger charge is 2.15. The third-order valence-corrected chi connectivity index (χ3v) is 3.61. The molecule has 0 unspecified atom stereocenters. The van der Waals surface area contributed by atoms with Crippen LogP contribution in [-0.4, -0.2) is 20.0 Å². The second-order valence-corrected chi connectivity index (χ2v) is 4.61. The quantitative estimate of drug-likeness (QED) is 0.793. The zero-order chi connectivity index (χ0) is 13.1. The van der Waals surface area contributed by atoms with Crippen molar-refractivity contribution in [1.82, 2.24) is 0 Å². The molecule has 0 spiro atoms. The molecule has 0 saturated carbocycles. The molecule has 0 saturated heterocycles. The van der Waals surface area contributed by atoms with Crippen molar-refractivity contribution in [1.29, 1.82) is 0 Å². The summed E-state index contributed by atoms with van der Waals surface area (Å²) < 4.78 is 10.4. The molecule has 1 aromatic carbocycles. The average Bonchev–Trinajstić information content (AvgIpc) is 2.83. The maximum atomic E-state index is 12.3. The molecule has 0 amide bonds. The molecular formula is C14H14O3S. The van der Waals surface area contributed by atoms with Crippen LogP contribution in [0.1, 0.15) is 21.5 Å². The van der Waals surface area contributed by atoms with Crippen LogP contribution in [0.4, 0.5) is 0 Å². The van der Waals surface area contributed by atoms with Gasteiger partial charge in [0.25, 0.3) is 0 Å². The molecule has 0 bridgehead atoms. The fourth-order valence-corrected chi connectivity index (χ4v) is 2.55. The van der Waals surface area contributed by atoms with Gasteiger partial charge in [-0.3, -0.25) is 4.79 Å². The van der Waals surface area contributed by atoms with Gasteiger partial charge in [0.05, 0.1) is 14.2 Å². The van der Waals surface area contributed by atoms with E-state index in [-0.39, 0.29) is 5.78 Å². The van der Waals surface area contributed by atoms with Crippen LogP contribution in [-0.2, 0) is 0 Å². The Balaban J connectivity index is 2.40. The highest BCUT2D eigenvalue weighted by Crippen LogP contribution is 2.29. The number of carbonyl (C=O) groups is 1. The first-order valence-corrected chi connectivity index (χ1v) is 6.41. The van der Waals surface area contributed by atoms with E-state index < -0.39 is 0 Å². The van der Waals surface area contributed by atoms with Crippen LogP contribution in [0.2, 0.25) is 0 Å². The second kappa shape index (κ2) is 5.23. The molecule has 1 heterocycles. The van der Waals surface area contributed by atoms with Crippen molar-refractivity contribution in [3.05, 3.63) is 45.6 Å². The Morgan fingerprint density at radius 1 is 1.11 bits per heavy atom. The Bertz CT molecular complexity index is 572. The summed E-state index contributed by atoms with van der Waals surface area (Å²) in [6, 6.07) is 5.20. The number of carbonyl (C=O) groups excluding carboxylic acids is 1. The summed E-state index contributed by atoms with van der Waals surface area (Å²) in [5.74, 6) is 1.20. The minimum Gasteiger partial charge on any atom is -0.493 e. The smallest absolute Gasteiger partial charge is 0.194 e. The summed E-state index contributed by atoms with van der Waals surface area (Å²) in [6.45, 7) is 1.94. The third-order valence-electron chi connectivity index (χ3n) is 2.75. The number of ketones is 1. The van der Waals surface area contributed by atoms with Gasteiger partial charge >= 0.3 is 0 Å². The van der Waals surface area contributed by atoms with Crippen molar-refractivity contribution in [3.63, 3.8) is 0 Å². The van der Waals surface area contributed by atoms with E-state index in [0.29, 0.717) is 17.1 Å². The average molecular weight is 262 g/mol. The number of aryl methyl sites for hydroxylation is 1. The van der Waals surface area contributed by atoms with E-state index in [1.807, 2.05) is 17.7 Å². The van der Waals surface area contributed by atoms with Gasteiger partial charge < -0.3 is 9.47 Å². The predicted molar refractivity (Wildman–Crippen MR) is 72.0 cm³/mol. The lowest BCUT2D eigenvalue weighted by Crippen LogP contribution is -2.02. The van der Waals surface area contributed by atoms with Crippen LogP contribution in [0, 0.1) is 6.92 Å². The van der Waals surface area contributed by atoms with Gasteiger partial charge in [-0.15, -0.1) is 0 Å². The molecule has 3 nitrogen and oxygen atoms in total. The van der Waals surface area contributed by atoms with E-state index in [9.17, 15) is 4.79 Å². The molecule has 0 aliphatic heterocycles. The minimum atomic E-state index is 0.00898. The van der Waals surface area contributed by atoms with E-state index in [1.54, 1.807) is 32.4 Å². The van der Waals surface area contributed by atoms with Gasteiger partial charge in [-0.25, -0.2) is 0 Å². The molecule has 94 valence electrons. The van der Waals surface area contributed by atoms with E-state index >= 15 is 0 Å². The van der Waals surface area contributed by atoms with Crippen LogP contribution in [0.15, 0.2) is 29.0 Å². The lowest BCUT2D eigenvalue weighted by atomic mass is 10.0. The van der Waals surface area contributed by atoms with Crippen molar-refractivity contribution in [3.8, 4) is 11.5 Å². The first-order chi connectivity index (χ1) is 8.67. The van der Waals surface area contributed by atoms with Gasteiger partial charge in [0, 0.05) is 16.5 Å². The summed E-state index contributed by atoms with van der Waals surface area (Å²) >= 11 is 1.53. The lowest BCUT2D eigenvalue weighted by Gasteiger charge is -2.09. The molecule has 2 rings (SSSR count). The van der Waals surface area contributed by atoms with Gasteiger partial charge in [0.1, 0.15) is 0 Å². The summed E-state index contributed by atoms with van der Waals surface area (Å²) in [6.07, 6.45) is 0. The zero-order valence-corrected chi connectivity index (χ0v) is 11.3. The highest BCUT2D eigenvalue weighted by molar-refractivity contribution is 7.08. The van der Waals surface area contributed by atoms with Crippen LogP contribution >= 0.6 is 11.3 Å². The molecule has 0 atom stereocenters. The Hall–Kier alpha value is -1.81. The maximum absolute atomic E-state index is 12.3. The topological polar surface area (TPSA) is 35.5 Å². The number of ether oxygens (including phenoxy) is 2. The molecule has 18 heavy (non-hydrogen) atoms. The summed E-state index contributed by atoms with van der Waals surface area (Å²) in [7, 11) is 3.13. The van der Waals surface area contributed by atoms with Crippen molar-refractivity contribution in [2.75, 3.05) is 14.2 Å². The Kier molecular flexibility index (Phi) is 3.67. The normalized spacial score (nSPS) is 10.2. The van der Waals surface area contributed by atoms with Crippen LogP contribution in [0.5, 0.6) is 11.5 Å². The fourth-order valence-electron chi connectivity index (χ4n) is 1.73. The van der Waals surface area contributed by atoms with Crippen molar-refractivity contribution in [2.45, 2.75) is 6.92 Å². The standard InChI is InChI=1S/C14H14O3S/c1-9-7-18-8-11(9)14(15)10-4-5-12(16-2)13(6-10)17-3/h4-8H,1-3H3. The van der Waals surface area contributed by atoms with Crippen molar-refractivity contribution < 1.29 is 14.3 Å². The number of thiophene rings is 1. The predicted octanol–water partition coefficient (Wildman–Crippen LogP) is 3.30. The summed E-state index contributed by atoms with van der Waals surface area (Å²) in [5.41, 5.74) is 2.35. The molecule has 0 N–H and O–H groups in total. The van der Waals surface area contributed by atoms with Crippen LogP contribution < -0.4 is 9.47 Å². The van der Waals surface area contributed by atoms with Gasteiger partial charge in [0.2, 0.25) is 0 Å². The molecule has 4 heteroatoms. The summed E-state index contributed by atoms with van der Waals surface area (Å²) in [4.78, 5) is 12.3. The monoisotopic (exact) mass is 262 g/mol. The SMILES string of the molecule is COc1ccc(C(=O)c2cscc2C)cc1OC. The molecule has 0 aliphatic rings. The van der Waals surface area contributed by atoms with Gasteiger partial charge in [0.15, 0.2) is 17.3 Å². The molecule has 1 aromatic heterocycles. The Morgan fingerprint density at radius 3 is 2.39 bits per heavy atom. The number of hydrogen-bond donors (Lipinski definition) is 0. The first-order valence-electron chi connectivity index (χ1n) is 5.47. The lowest BCUT2D eigenvalue weighted by molar-refractivity contribution is 0.103. The number of rotatable bonds is 4. The zero-order valence-electron chi connectivity index (χ0n) is 10.5. The van der Waals surface area contributed by atoms with Gasteiger partial charge in [-0.1, -0.05) is 0 Å². The largest absolute Gasteiger partial charge is 0.493 e. The number of hydrogen-bond acceptors (Lipinski definition) is 4. The molecule has 0 fully saturated rings. The van der Waals surface area contributed by atoms with E-state index in [4.69, 9.17) is 9.47 Å². The Morgan fingerprint density at radius 2 is 1.83 bits per heavy atom. The van der Waals surface area contributed by atoms with Gasteiger partial charge in [-0.05, 0) is 36.1 Å². The maximum Gasteiger partial charge on any atom is 0.194 e. The number of benzene rings is 1. The van der Waals surface area contributed by atoms with Crippen LogP contribution in [0.3, 0.4) is 0 Å². The van der Waals surface area contributed by atoms with Crippen LogP contribution in [0.25, 0.3) is 0 Å².